The number of amides is 1. The van der Waals surface area contributed by atoms with Crippen LogP contribution in [0.15, 0.2) is 47.8 Å². The highest BCUT2D eigenvalue weighted by atomic mass is 32.2. The van der Waals surface area contributed by atoms with Crippen LogP contribution in [-0.4, -0.2) is 57.8 Å². The van der Waals surface area contributed by atoms with E-state index >= 15 is 0 Å². The Morgan fingerprint density at radius 2 is 2.09 bits per heavy atom. The maximum Gasteiger partial charge on any atom is 0.434 e. The van der Waals surface area contributed by atoms with Crippen molar-refractivity contribution in [1.82, 2.24) is 24.2 Å². The van der Waals surface area contributed by atoms with E-state index in [4.69, 9.17) is 0 Å². The second-order valence-electron chi connectivity index (χ2n) is 8.34. The van der Waals surface area contributed by atoms with E-state index in [9.17, 15) is 23.3 Å². The number of benzene rings is 1. The van der Waals surface area contributed by atoms with Crippen LogP contribution in [0, 0.1) is 16.0 Å². The van der Waals surface area contributed by atoms with Gasteiger partial charge >= 0.3 is 5.95 Å². The van der Waals surface area contributed by atoms with Gasteiger partial charge in [-0.05, 0) is 41.9 Å². The predicted octanol–water partition coefficient (Wildman–Crippen LogP) is 2.27. The van der Waals surface area contributed by atoms with Gasteiger partial charge in [-0.25, -0.2) is 13.0 Å². The molecule has 1 aromatic carbocycles. The van der Waals surface area contributed by atoms with Gasteiger partial charge in [-0.3, -0.25) is 4.79 Å². The number of nitro groups is 1. The Bertz CT molecular complexity index is 1260. The molecule has 1 amide bonds. The average Bonchev–Trinajstić information content (AvgIpc) is 3.45. The number of fused-ring (bicyclic) bond motifs is 1. The van der Waals surface area contributed by atoms with Gasteiger partial charge in [0.15, 0.2) is 0 Å². The van der Waals surface area contributed by atoms with Gasteiger partial charge in [0.05, 0.1) is 11.4 Å². The minimum Gasteiger partial charge on any atom is -0.390 e. The van der Waals surface area contributed by atoms with Gasteiger partial charge in [-0.1, -0.05) is 18.0 Å². The largest absolute Gasteiger partial charge is 0.434 e. The fraction of sp³-hybridized carbons (Fsp3) is 0.429. The molecule has 0 radical (unpaired) electrons. The van der Waals surface area contributed by atoms with E-state index in [1.165, 1.54) is 23.0 Å². The molecule has 4 rings (SSSR count). The Hall–Kier alpha value is -3.25. The minimum absolute atomic E-state index is 0.0461. The molecule has 2 N–H and O–H groups in total. The zero-order chi connectivity index (χ0) is 23.6. The second-order valence-corrected chi connectivity index (χ2v) is 10.0. The first-order chi connectivity index (χ1) is 15.8. The third-order valence-corrected chi connectivity index (χ3v) is 7.58. The first kappa shape index (κ1) is 22.9. The quantitative estimate of drug-likeness (QED) is 0.379. The Morgan fingerprint density at radius 3 is 2.82 bits per heavy atom. The number of nitrogens with one attached hydrogen (secondary N) is 2. The van der Waals surface area contributed by atoms with Crippen LogP contribution in [0.3, 0.4) is 0 Å². The Balaban J connectivity index is 1.60. The third kappa shape index (κ3) is 4.91. The molecule has 0 aliphatic carbocycles. The number of nitrogens with zero attached hydrogens (tertiary/aromatic N) is 4. The first-order valence-corrected chi connectivity index (χ1v) is 12.3. The summed E-state index contributed by atoms with van der Waals surface area (Å²) in [6.07, 6.45) is 6.14. The molecule has 33 heavy (non-hydrogen) atoms. The smallest absolute Gasteiger partial charge is 0.390 e. The average molecular weight is 475 g/mol. The Morgan fingerprint density at radius 1 is 1.33 bits per heavy atom. The number of carbonyl (C=O) groups excluding carboxylic acids is 1. The van der Waals surface area contributed by atoms with Crippen molar-refractivity contribution in [2.24, 2.45) is 5.92 Å². The van der Waals surface area contributed by atoms with Crippen molar-refractivity contribution in [3.05, 3.63) is 53.0 Å². The monoisotopic (exact) mass is 474 g/mol. The van der Waals surface area contributed by atoms with Crippen molar-refractivity contribution in [3.8, 4) is 0 Å². The summed E-state index contributed by atoms with van der Waals surface area (Å²) in [6.45, 7) is 3.29. The van der Waals surface area contributed by atoms with Gasteiger partial charge in [0.25, 0.3) is 0 Å². The lowest BCUT2D eigenvalue weighted by Crippen LogP contribution is -2.50. The van der Waals surface area contributed by atoms with E-state index < -0.39 is 21.0 Å². The zero-order valence-corrected chi connectivity index (χ0v) is 19.0. The molecule has 1 fully saturated rings. The van der Waals surface area contributed by atoms with Crippen LogP contribution in [0.4, 0.5) is 5.95 Å². The number of piperidine rings is 1. The number of rotatable bonds is 8. The normalized spacial score (nSPS) is 16.2. The molecule has 0 bridgehead atoms. The van der Waals surface area contributed by atoms with Gasteiger partial charge in [0.1, 0.15) is 18.4 Å². The zero-order valence-electron chi connectivity index (χ0n) is 18.2. The molecule has 11 nitrogen and oxygen atoms in total. The lowest BCUT2D eigenvalue weighted by atomic mass is 9.98. The standard InChI is InChI=1S/C21H26N6O5S/c1-15-6-11-25(12-7-15)20(28)18(8-13-26-14-10-23-21(26)27(29)30)24-33(31,32)19-4-2-3-17-16(19)5-9-22-17/h2-5,9-10,14-15,18,22,24H,6-8,11-13H2,1H3. The predicted molar refractivity (Wildman–Crippen MR) is 121 cm³/mol. The molecule has 3 aromatic rings. The molecule has 176 valence electrons. The van der Waals surface area contributed by atoms with Crippen LogP contribution >= 0.6 is 0 Å². The number of aromatic amines is 1. The van der Waals surface area contributed by atoms with Crippen molar-refractivity contribution in [3.63, 3.8) is 0 Å². The Labute approximate surface area is 191 Å². The second kappa shape index (κ2) is 9.32. The van der Waals surface area contributed by atoms with Crippen LogP contribution in [-0.2, 0) is 21.4 Å². The maximum absolute atomic E-state index is 13.3. The molecule has 0 spiro atoms. The number of sulfonamides is 1. The summed E-state index contributed by atoms with van der Waals surface area (Å²) in [6, 6.07) is 5.49. The third-order valence-electron chi connectivity index (χ3n) is 6.05. The first-order valence-electron chi connectivity index (χ1n) is 10.8. The highest BCUT2D eigenvalue weighted by molar-refractivity contribution is 7.89. The summed E-state index contributed by atoms with van der Waals surface area (Å²) in [7, 11) is -4.04. The summed E-state index contributed by atoms with van der Waals surface area (Å²) in [4.78, 5) is 32.4. The number of imidazole rings is 1. The highest BCUT2D eigenvalue weighted by Gasteiger charge is 2.32. The topological polar surface area (TPSA) is 143 Å². The highest BCUT2D eigenvalue weighted by Crippen LogP contribution is 2.23. The van der Waals surface area contributed by atoms with Crippen LogP contribution in [0.25, 0.3) is 10.9 Å². The molecule has 12 heteroatoms. The van der Waals surface area contributed by atoms with Crippen LogP contribution in [0.2, 0.25) is 0 Å². The lowest BCUT2D eigenvalue weighted by molar-refractivity contribution is -0.396. The van der Waals surface area contributed by atoms with Crippen LogP contribution in [0.1, 0.15) is 26.2 Å². The number of hydrogen-bond acceptors (Lipinski definition) is 6. The van der Waals surface area contributed by atoms with Crippen molar-refractivity contribution in [2.75, 3.05) is 13.1 Å². The van der Waals surface area contributed by atoms with Gasteiger partial charge in [-0.15, -0.1) is 0 Å². The molecule has 1 aliphatic rings. The molecule has 0 saturated carbocycles. The van der Waals surface area contributed by atoms with Crippen LogP contribution < -0.4 is 4.72 Å². The van der Waals surface area contributed by atoms with Crippen molar-refractivity contribution < 1.29 is 18.1 Å². The van der Waals surface area contributed by atoms with Crippen molar-refractivity contribution in [1.29, 1.82) is 0 Å². The number of likely N-dealkylation sites (tertiary alicyclic amines) is 1. The summed E-state index contributed by atoms with van der Waals surface area (Å²) in [5.74, 6) is -0.175. The summed E-state index contributed by atoms with van der Waals surface area (Å²) >= 11 is 0. The number of H-pyrrole nitrogens is 1. The molecule has 1 aliphatic heterocycles. The molecule has 1 unspecified atom stereocenters. The maximum atomic E-state index is 13.3. The number of aromatic nitrogens is 3. The summed E-state index contributed by atoms with van der Waals surface area (Å²) in [5, 5.41) is 11.7. The summed E-state index contributed by atoms with van der Waals surface area (Å²) < 4.78 is 30.5. The molecular weight excluding hydrogens is 448 g/mol. The fourth-order valence-corrected chi connectivity index (χ4v) is 5.59. The number of hydrogen-bond donors (Lipinski definition) is 2. The van der Waals surface area contributed by atoms with E-state index in [0.29, 0.717) is 29.9 Å². The molecule has 1 atom stereocenters. The van der Waals surface area contributed by atoms with Gasteiger partial charge in [0.2, 0.25) is 15.9 Å². The van der Waals surface area contributed by atoms with Gasteiger partial charge < -0.3 is 20.0 Å². The number of aryl methyl sites for hydroxylation is 1. The van der Waals surface area contributed by atoms with E-state index in [1.54, 1.807) is 29.3 Å². The molecule has 3 heterocycles. The van der Waals surface area contributed by atoms with E-state index in [0.717, 1.165) is 12.8 Å². The molecule has 2 aromatic heterocycles. The van der Waals surface area contributed by atoms with Crippen molar-refractivity contribution in [2.45, 2.75) is 43.7 Å². The fourth-order valence-electron chi connectivity index (χ4n) is 4.14. The Kier molecular flexibility index (Phi) is 6.47. The van der Waals surface area contributed by atoms with E-state index in [1.807, 2.05) is 0 Å². The SMILES string of the molecule is CC1CCN(C(=O)C(CCn2ccnc2[N+](=O)[O-])NS(=O)(=O)c2cccc3[nH]ccc23)CC1. The van der Waals surface area contributed by atoms with E-state index in [2.05, 4.69) is 21.6 Å². The van der Waals surface area contributed by atoms with Gasteiger partial charge in [-0.2, -0.15) is 4.72 Å². The molecular formula is C21H26N6O5S. The van der Waals surface area contributed by atoms with Crippen molar-refractivity contribution >= 4 is 32.8 Å². The van der Waals surface area contributed by atoms with E-state index in [-0.39, 0.29) is 29.7 Å². The van der Waals surface area contributed by atoms with Crippen LogP contribution in [0.5, 0.6) is 0 Å². The molecule has 1 saturated heterocycles. The lowest BCUT2D eigenvalue weighted by Gasteiger charge is -2.33. The van der Waals surface area contributed by atoms with Gasteiger partial charge in [0, 0.05) is 36.6 Å². The number of carbonyl (C=O) groups is 1. The summed E-state index contributed by atoms with van der Waals surface area (Å²) in [5.41, 5.74) is 0.666. The minimum atomic E-state index is -4.04.